The molecule has 4 rings (SSSR count). The summed E-state index contributed by atoms with van der Waals surface area (Å²) in [6, 6.07) is 3.99. The van der Waals surface area contributed by atoms with Gasteiger partial charge in [-0.1, -0.05) is 0 Å². The number of hydrogen-bond acceptors (Lipinski definition) is 5. The molecule has 1 atom stereocenters. The number of aromatic nitrogens is 4. The second-order valence-electron chi connectivity index (χ2n) is 7.02. The molecule has 2 aliphatic heterocycles. The first-order chi connectivity index (χ1) is 12.8. The normalized spacial score (nSPS) is 19.9. The van der Waals surface area contributed by atoms with Crippen LogP contribution in [0.3, 0.4) is 0 Å². The summed E-state index contributed by atoms with van der Waals surface area (Å²) in [5.74, 6) is 0.991. The van der Waals surface area contributed by atoms with Gasteiger partial charge in [0.15, 0.2) is 0 Å². The summed E-state index contributed by atoms with van der Waals surface area (Å²) in [6.45, 7) is 4.77. The molecule has 2 aliphatic rings. The molecule has 0 spiro atoms. The van der Waals surface area contributed by atoms with E-state index in [4.69, 9.17) is 0 Å². The summed E-state index contributed by atoms with van der Waals surface area (Å²) >= 11 is 0. The third-order valence-electron chi connectivity index (χ3n) is 5.12. The van der Waals surface area contributed by atoms with Gasteiger partial charge in [-0.25, -0.2) is 14.8 Å². The third kappa shape index (κ3) is 3.79. The minimum Gasteiger partial charge on any atom is -0.354 e. The van der Waals surface area contributed by atoms with Crippen LogP contribution in [0.2, 0.25) is 0 Å². The van der Waals surface area contributed by atoms with Crippen molar-refractivity contribution >= 4 is 12.0 Å². The van der Waals surface area contributed by atoms with Gasteiger partial charge >= 0.3 is 6.03 Å². The van der Waals surface area contributed by atoms with Crippen molar-refractivity contribution in [1.29, 1.82) is 0 Å². The Kier molecular flexibility index (Phi) is 4.99. The van der Waals surface area contributed by atoms with Crippen LogP contribution >= 0.6 is 0 Å². The molecule has 0 aromatic carbocycles. The van der Waals surface area contributed by atoms with Gasteiger partial charge in [0.05, 0.1) is 12.2 Å². The third-order valence-corrected chi connectivity index (χ3v) is 5.12. The van der Waals surface area contributed by atoms with Crippen molar-refractivity contribution in [2.45, 2.75) is 32.4 Å². The van der Waals surface area contributed by atoms with Crippen LogP contribution < -0.4 is 5.32 Å². The molecule has 26 heavy (non-hydrogen) atoms. The van der Waals surface area contributed by atoms with Crippen LogP contribution in [0.5, 0.6) is 0 Å². The highest BCUT2D eigenvalue weighted by molar-refractivity contribution is 5.74. The van der Waals surface area contributed by atoms with Crippen LogP contribution in [-0.4, -0.2) is 61.8 Å². The number of likely N-dealkylation sites (tertiary alicyclic amines) is 1. The van der Waals surface area contributed by atoms with Crippen molar-refractivity contribution in [3.8, 4) is 0 Å². The Morgan fingerprint density at radius 1 is 1.12 bits per heavy atom. The summed E-state index contributed by atoms with van der Waals surface area (Å²) in [4.78, 5) is 25.3. The number of amides is 2. The number of urea groups is 1. The lowest BCUT2D eigenvalue weighted by atomic mass is 10.1. The van der Waals surface area contributed by atoms with Gasteiger partial charge in [0.2, 0.25) is 5.95 Å². The fourth-order valence-corrected chi connectivity index (χ4v) is 3.75. The highest BCUT2D eigenvalue weighted by Gasteiger charge is 2.29. The van der Waals surface area contributed by atoms with Crippen LogP contribution in [0.1, 0.15) is 25.0 Å². The van der Waals surface area contributed by atoms with E-state index in [-0.39, 0.29) is 6.03 Å². The lowest BCUT2D eigenvalue weighted by Gasteiger charge is -2.28. The topological polar surface area (TPSA) is 79.2 Å². The van der Waals surface area contributed by atoms with Gasteiger partial charge < -0.3 is 15.1 Å². The largest absolute Gasteiger partial charge is 0.354 e. The second-order valence-corrected chi connectivity index (χ2v) is 7.02. The van der Waals surface area contributed by atoms with E-state index in [1.165, 1.54) is 0 Å². The zero-order valence-electron chi connectivity index (χ0n) is 14.9. The zero-order chi connectivity index (χ0) is 17.8. The highest BCUT2D eigenvalue weighted by Crippen LogP contribution is 2.21. The Hall–Kier alpha value is -2.64. The number of rotatable bonds is 4. The maximum atomic E-state index is 12.9. The highest BCUT2D eigenvalue weighted by atomic mass is 16.2. The summed E-state index contributed by atoms with van der Waals surface area (Å²) in [7, 11) is 0. The number of carbonyl (C=O) groups excluding carboxylic acids is 1. The van der Waals surface area contributed by atoms with Crippen molar-refractivity contribution in [2.24, 2.45) is 5.92 Å². The lowest BCUT2D eigenvalue weighted by Crippen LogP contribution is -2.43. The molecular formula is C18H25N7O. The molecule has 2 aromatic heterocycles. The first kappa shape index (κ1) is 16.8. The van der Waals surface area contributed by atoms with Crippen molar-refractivity contribution in [1.82, 2.24) is 29.5 Å². The Morgan fingerprint density at radius 2 is 1.92 bits per heavy atom. The Morgan fingerprint density at radius 3 is 2.73 bits per heavy atom. The molecule has 1 unspecified atom stereocenters. The number of fused-ring (bicyclic) bond motifs is 1. The first-order valence-electron chi connectivity index (χ1n) is 9.35. The van der Waals surface area contributed by atoms with E-state index in [0.29, 0.717) is 18.4 Å². The van der Waals surface area contributed by atoms with Crippen LogP contribution in [0.15, 0.2) is 30.7 Å². The van der Waals surface area contributed by atoms with Crippen LogP contribution in [0, 0.1) is 5.92 Å². The Bertz CT molecular complexity index is 726. The monoisotopic (exact) mass is 355 g/mol. The molecule has 8 nitrogen and oxygen atoms in total. The molecular weight excluding hydrogens is 330 g/mol. The fourth-order valence-electron chi connectivity index (χ4n) is 3.75. The number of carbonyl (C=O) groups is 1. The van der Waals surface area contributed by atoms with Crippen molar-refractivity contribution in [3.63, 3.8) is 0 Å². The molecule has 2 aromatic rings. The van der Waals surface area contributed by atoms with Gasteiger partial charge in [0.25, 0.3) is 0 Å². The standard InChI is InChI=1S/C18H25N7O/c26-18(23-10-1-2-11-23)24-12-15(13-25-16(14-24)5-9-22-25)4-8-21-17-19-6-3-7-20-17/h3,5-7,9,15H,1-2,4,8,10-14H2,(H,19,20,21). The molecule has 0 saturated carbocycles. The second kappa shape index (κ2) is 7.72. The molecule has 0 radical (unpaired) electrons. The number of nitrogens with one attached hydrogen (secondary N) is 1. The molecule has 0 aliphatic carbocycles. The molecule has 8 heteroatoms. The minimum atomic E-state index is 0.168. The number of anilines is 1. The predicted molar refractivity (Wildman–Crippen MR) is 97.5 cm³/mol. The summed E-state index contributed by atoms with van der Waals surface area (Å²) in [5.41, 5.74) is 1.11. The van der Waals surface area contributed by atoms with Gasteiger partial charge in [0.1, 0.15) is 0 Å². The van der Waals surface area contributed by atoms with E-state index >= 15 is 0 Å². The van der Waals surface area contributed by atoms with E-state index < -0.39 is 0 Å². The first-order valence-corrected chi connectivity index (χ1v) is 9.35. The Labute approximate surface area is 153 Å². The number of hydrogen-bond donors (Lipinski definition) is 1. The summed E-state index contributed by atoms with van der Waals surface area (Å²) in [5, 5.41) is 7.71. The smallest absolute Gasteiger partial charge is 0.320 e. The molecule has 138 valence electrons. The SMILES string of the molecule is O=C(N1CCCC1)N1Cc2ccnn2CC(CCNc2ncccn2)C1. The minimum absolute atomic E-state index is 0.168. The predicted octanol–water partition coefficient (Wildman–Crippen LogP) is 1.82. The molecule has 1 saturated heterocycles. The molecule has 1 fully saturated rings. The van der Waals surface area contributed by atoms with Gasteiger partial charge in [-0.2, -0.15) is 5.10 Å². The molecule has 2 amide bonds. The maximum Gasteiger partial charge on any atom is 0.320 e. The van der Waals surface area contributed by atoms with Gasteiger partial charge in [0, 0.05) is 51.3 Å². The van der Waals surface area contributed by atoms with Crippen molar-refractivity contribution in [3.05, 3.63) is 36.4 Å². The van der Waals surface area contributed by atoms with Crippen LogP contribution in [-0.2, 0) is 13.1 Å². The summed E-state index contributed by atoms with van der Waals surface area (Å²) < 4.78 is 2.04. The maximum absolute atomic E-state index is 12.9. The number of nitrogens with zero attached hydrogens (tertiary/aromatic N) is 6. The van der Waals surface area contributed by atoms with E-state index in [0.717, 1.165) is 57.7 Å². The van der Waals surface area contributed by atoms with Crippen molar-refractivity contribution < 1.29 is 4.79 Å². The van der Waals surface area contributed by atoms with E-state index in [1.807, 2.05) is 26.7 Å². The van der Waals surface area contributed by atoms with E-state index in [2.05, 4.69) is 20.4 Å². The van der Waals surface area contributed by atoms with Crippen LogP contribution in [0.4, 0.5) is 10.7 Å². The van der Waals surface area contributed by atoms with Gasteiger partial charge in [-0.15, -0.1) is 0 Å². The average molecular weight is 355 g/mol. The lowest BCUT2D eigenvalue weighted by molar-refractivity contribution is 0.151. The average Bonchev–Trinajstić information content (AvgIpc) is 3.31. The van der Waals surface area contributed by atoms with E-state index in [9.17, 15) is 4.79 Å². The zero-order valence-corrected chi connectivity index (χ0v) is 14.9. The fraction of sp³-hybridized carbons (Fsp3) is 0.556. The molecule has 4 heterocycles. The van der Waals surface area contributed by atoms with Gasteiger partial charge in [-0.05, 0) is 37.3 Å². The summed E-state index contributed by atoms with van der Waals surface area (Å²) in [6.07, 6.45) is 8.44. The molecule has 1 N–H and O–H groups in total. The molecule has 0 bridgehead atoms. The quantitative estimate of drug-likeness (QED) is 0.905. The van der Waals surface area contributed by atoms with Crippen molar-refractivity contribution in [2.75, 3.05) is 31.5 Å². The van der Waals surface area contributed by atoms with E-state index in [1.54, 1.807) is 18.5 Å². The van der Waals surface area contributed by atoms with Crippen LogP contribution in [0.25, 0.3) is 0 Å². The van der Waals surface area contributed by atoms with Gasteiger partial charge in [-0.3, -0.25) is 4.68 Å². The Balaban J connectivity index is 1.41.